The fourth-order valence-corrected chi connectivity index (χ4v) is 3.95. The number of aryl methyl sites for hydroxylation is 1. The number of rotatable bonds is 7. The van der Waals surface area contributed by atoms with E-state index < -0.39 is 11.7 Å². The predicted octanol–water partition coefficient (Wildman–Crippen LogP) is 5.29. The van der Waals surface area contributed by atoms with E-state index in [1.807, 2.05) is 19.1 Å². The van der Waals surface area contributed by atoms with E-state index >= 15 is 0 Å². The van der Waals surface area contributed by atoms with Crippen LogP contribution in [0.3, 0.4) is 0 Å². The maximum absolute atomic E-state index is 13.4. The van der Waals surface area contributed by atoms with Crippen LogP contribution in [-0.2, 0) is 23.9 Å². The van der Waals surface area contributed by atoms with Crippen molar-refractivity contribution in [3.05, 3.63) is 80.8 Å². The van der Waals surface area contributed by atoms with Crippen molar-refractivity contribution in [3.63, 3.8) is 0 Å². The topological polar surface area (TPSA) is 81.0 Å². The number of nitrogens with one attached hydrogen (secondary N) is 1. The zero-order chi connectivity index (χ0) is 22.0. The molecule has 2 heterocycles. The lowest BCUT2D eigenvalue weighted by Gasteiger charge is -2.10. The number of thiazole rings is 1. The van der Waals surface area contributed by atoms with E-state index in [0.717, 1.165) is 33.6 Å². The molecular weight excluding hydrogens is 424 g/mol. The number of aromatic amines is 1. The van der Waals surface area contributed by atoms with Crippen molar-refractivity contribution < 1.29 is 17.9 Å². The molecule has 0 saturated heterocycles. The maximum Gasteiger partial charge on any atom is 0.434 e. The molecule has 31 heavy (non-hydrogen) atoms. The molecule has 0 saturated carbocycles. The first-order valence-corrected chi connectivity index (χ1v) is 10.3. The Morgan fingerprint density at radius 1 is 1.06 bits per heavy atom. The van der Waals surface area contributed by atoms with Gasteiger partial charge < -0.3 is 9.15 Å². The molecule has 2 aromatic carbocycles. The first kappa shape index (κ1) is 21.1. The van der Waals surface area contributed by atoms with Crippen molar-refractivity contribution in [2.75, 3.05) is 0 Å². The van der Waals surface area contributed by atoms with Gasteiger partial charge >= 0.3 is 5.76 Å². The highest BCUT2D eigenvalue weighted by molar-refractivity contribution is 7.15. The Kier molecular flexibility index (Phi) is 5.79. The summed E-state index contributed by atoms with van der Waals surface area (Å²) in [5, 5.41) is 6.79. The van der Waals surface area contributed by atoms with E-state index in [0.29, 0.717) is 18.8 Å². The Labute approximate surface area is 180 Å². The summed E-state index contributed by atoms with van der Waals surface area (Å²) in [6, 6.07) is 13.5. The smallest absolute Gasteiger partial charge is 0.388 e. The number of hydrogen-bond acceptors (Lipinski definition) is 6. The van der Waals surface area contributed by atoms with Crippen LogP contribution in [-0.4, -0.2) is 15.2 Å². The van der Waals surface area contributed by atoms with Crippen molar-refractivity contribution in [1.82, 2.24) is 15.2 Å². The van der Waals surface area contributed by atoms with Crippen molar-refractivity contribution >= 4 is 11.3 Å². The number of H-pyrrole nitrogens is 1. The lowest BCUT2D eigenvalue weighted by molar-refractivity contribution is 0.0175. The minimum Gasteiger partial charge on any atom is -0.388 e. The summed E-state index contributed by atoms with van der Waals surface area (Å²) in [5.41, 5.74) is 3.28. The minimum atomic E-state index is -2.86. The van der Waals surface area contributed by atoms with E-state index in [2.05, 4.69) is 15.2 Å². The molecule has 0 spiro atoms. The molecule has 0 radical (unpaired) electrons. The summed E-state index contributed by atoms with van der Waals surface area (Å²) in [6.07, 6.45) is 0. The van der Waals surface area contributed by atoms with Crippen LogP contribution in [0.1, 0.15) is 28.6 Å². The molecular formula is C22H19F2N3O3S. The number of alkyl halides is 2. The highest BCUT2D eigenvalue weighted by atomic mass is 32.1. The number of benzene rings is 2. The maximum atomic E-state index is 13.4. The highest BCUT2D eigenvalue weighted by Gasteiger charge is 2.24. The molecule has 0 amide bonds. The lowest BCUT2D eigenvalue weighted by Crippen LogP contribution is -2.06. The summed E-state index contributed by atoms with van der Waals surface area (Å²) in [7, 11) is 0. The second-order valence-electron chi connectivity index (χ2n) is 7.10. The van der Waals surface area contributed by atoms with Gasteiger partial charge in [0.2, 0.25) is 5.89 Å². The molecule has 0 aliphatic carbocycles. The molecule has 0 fully saturated rings. The molecule has 160 valence electrons. The van der Waals surface area contributed by atoms with Gasteiger partial charge in [0.1, 0.15) is 5.01 Å². The molecule has 4 rings (SSSR count). The molecule has 0 atom stereocenters. The number of ether oxygens (including phenoxy) is 1. The van der Waals surface area contributed by atoms with E-state index in [9.17, 15) is 13.6 Å². The van der Waals surface area contributed by atoms with Gasteiger partial charge in [-0.1, -0.05) is 36.4 Å². The largest absolute Gasteiger partial charge is 0.434 e. The Hall–Kier alpha value is -3.17. The third kappa shape index (κ3) is 4.95. The molecule has 0 unspecified atom stereocenters. The standard InChI is InChI=1S/C22H19F2N3O3S/c1-13-18(31-20(25-13)16-7-9-17(10-8-16)22(2,23)24)12-29-11-14-3-5-15(6-4-14)19-26-27-21(28)30-19/h3-10H,11-12H2,1-2H3,(H,27,28). The average molecular weight is 443 g/mol. The van der Waals surface area contributed by atoms with Gasteiger partial charge in [-0.3, -0.25) is 0 Å². The van der Waals surface area contributed by atoms with E-state index in [1.54, 1.807) is 24.3 Å². The Morgan fingerprint density at radius 2 is 1.74 bits per heavy atom. The summed E-state index contributed by atoms with van der Waals surface area (Å²) in [6.45, 7) is 3.58. The van der Waals surface area contributed by atoms with Crippen LogP contribution >= 0.6 is 11.3 Å². The summed E-state index contributed by atoms with van der Waals surface area (Å²) < 4.78 is 37.5. The van der Waals surface area contributed by atoms with Crippen molar-refractivity contribution in [1.29, 1.82) is 0 Å². The number of hydrogen-bond donors (Lipinski definition) is 1. The molecule has 2 aromatic heterocycles. The SMILES string of the molecule is Cc1nc(-c2ccc(C(C)(F)F)cc2)sc1COCc1ccc(-c2n[nH]c(=O)o2)cc1. The van der Waals surface area contributed by atoms with Crippen LogP contribution in [0.15, 0.2) is 57.7 Å². The minimum absolute atomic E-state index is 0.0199. The van der Waals surface area contributed by atoms with E-state index in [1.165, 1.54) is 23.5 Å². The second kappa shape index (κ2) is 8.52. The van der Waals surface area contributed by atoms with Gasteiger partial charge in [-0.15, -0.1) is 16.4 Å². The van der Waals surface area contributed by atoms with Gasteiger partial charge in [0.15, 0.2) is 0 Å². The number of nitrogens with zero attached hydrogens (tertiary/aromatic N) is 2. The van der Waals surface area contributed by atoms with Gasteiger partial charge in [0.25, 0.3) is 5.92 Å². The summed E-state index contributed by atoms with van der Waals surface area (Å²) in [4.78, 5) is 16.6. The molecule has 0 aliphatic rings. The van der Waals surface area contributed by atoms with Gasteiger partial charge in [-0.05, 0) is 24.6 Å². The van der Waals surface area contributed by atoms with Gasteiger partial charge in [0.05, 0.1) is 23.8 Å². The van der Waals surface area contributed by atoms with Gasteiger partial charge in [-0.25, -0.2) is 23.7 Å². The molecule has 1 N–H and O–H groups in total. The normalized spacial score (nSPS) is 11.7. The van der Waals surface area contributed by atoms with Crippen LogP contribution in [0.25, 0.3) is 22.0 Å². The monoisotopic (exact) mass is 443 g/mol. The quantitative estimate of drug-likeness (QED) is 0.420. The van der Waals surface area contributed by atoms with Crippen LogP contribution in [0.5, 0.6) is 0 Å². The average Bonchev–Trinajstić information content (AvgIpc) is 3.34. The fourth-order valence-electron chi connectivity index (χ4n) is 2.95. The van der Waals surface area contributed by atoms with Gasteiger partial charge in [0, 0.05) is 23.6 Å². The summed E-state index contributed by atoms with van der Waals surface area (Å²) >= 11 is 1.49. The first-order valence-electron chi connectivity index (χ1n) is 9.47. The zero-order valence-electron chi connectivity index (χ0n) is 16.8. The third-order valence-corrected chi connectivity index (χ3v) is 5.85. The van der Waals surface area contributed by atoms with E-state index in [-0.39, 0.29) is 11.5 Å². The lowest BCUT2D eigenvalue weighted by atomic mass is 10.1. The van der Waals surface area contributed by atoms with Crippen LogP contribution < -0.4 is 5.76 Å². The van der Waals surface area contributed by atoms with E-state index in [4.69, 9.17) is 9.15 Å². The van der Waals surface area contributed by atoms with Crippen LogP contribution in [0, 0.1) is 6.92 Å². The van der Waals surface area contributed by atoms with Gasteiger partial charge in [-0.2, -0.15) is 0 Å². The third-order valence-electron chi connectivity index (χ3n) is 4.67. The molecule has 0 bridgehead atoms. The van der Waals surface area contributed by atoms with Crippen molar-refractivity contribution in [2.24, 2.45) is 0 Å². The second-order valence-corrected chi connectivity index (χ2v) is 8.18. The summed E-state index contributed by atoms with van der Waals surface area (Å²) in [5.74, 6) is -3.22. The van der Waals surface area contributed by atoms with Crippen molar-refractivity contribution in [3.8, 4) is 22.0 Å². The van der Waals surface area contributed by atoms with Crippen molar-refractivity contribution in [2.45, 2.75) is 33.0 Å². The molecule has 9 heteroatoms. The molecule has 4 aromatic rings. The number of halogens is 2. The Morgan fingerprint density at radius 3 is 2.35 bits per heavy atom. The molecule has 0 aliphatic heterocycles. The van der Waals surface area contributed by atoms with Crippen LogP contribution in [0.4, 0.5) is 8.78 Å². The Balaban J connectivity index is 1.37. The Bertz CT molecular complexity index is 1220. The molecule has 6 nitrogen and oxygen atoms in total. The highest BCUT2D eigenvalue weighted by Crippen LogP contribution is 2.32. The predicted molar refractivity (Wildman–Crippen MR) is 113 cm³/mol. The fraction of sp³-hybridized carbons (Fsp3) is 0.227. The number of aromatic nitrogens is 3. The first-order chi connectivity index (χ1) is 14.8. The van der Waals surface area contributed by atoms with Crippen LogP contribution in [0.2, 0.25) is 0 Å². The zero-order valence-corrected chi connectivity index (χ0v) is 17.6.